The Morgan fingerprint density at radius 2 is 1.93 bits per heavy atom. The maximum atomic E-state index is 11.5. The van der Waals surface area contributed by atoms with Gasteiger partial charge < -0.3 is 4.43 Å². The predicted octanol–water partition coefficient (Wildman–Crippen LogP) is 2.76. The molecule has 0 amide bonds. The van der Waals surface area contributed by atoms with E-state index in [1.807, 2.05) is 0 Å². The summed E-state index contributed by atoms with van der Waals surface area (Å²) < 4.78 is 4.60. The van der Waals surface area contributed by atoms with Crippen LogP contribution in [0.2, 0.25) is 19.1 Å². The first-order valence-electron chi connectivity index (χ1n) is 4.72. The van der Waals surface area contributed by atoms with Gasteiger partial charge in [-0.3, -0.25) is 4.79 Å². The van der Waals surface area contributed by atoms with Crippen LogP contribution in [-0.2, 0) is 9.22 Å². The maximum Gasteiger partial charge on any atom is 0.186 e. The van der Waals surface area contributed by atoms with Crippen molar-refractivity contribution in [3.8, 4) is 0 Å². The lowest BCUT2D eigenvalue weighted by Gasteiger charge is -2.20. The highest BCUT2D eigenvalue weighted by molar-refractivity contribution is 8.01. The van der Waals surface area contributed by atoms with Crippen LogP contribution in [0.4, 0.5) is 0 Å². The second-order valence-electron chi connectivity index (χ2n) is 4.26. The molecule has 0 aromatic heterocycles. The van der Waals surface area contributed by atoms with Crippen LogP contribution < -0.4 is 0 Å². The van der Waals surface area contributed by atoms with Crippen molar-refractivity contribution in [2.24, 2.45) is 0 Å². The molecule has 0 N–H and O–H groups in total. The highest BCUT2D eigenvalue weighted by Crippen LogP contribution is 2.23. The summed E-state index contributed by atoms with van der Waals surface area (Å²) in [4.78, 5) is 11.5. The van der Waals surface area contributed by atoms with Gasteiger partial charge in [-0.15, -0.1) is 0 Å². The zero-order valence-corrected chi connectivity index (χ0v) is 12.1. The van der Waals surface area contributed by atoms with Gasteiger partial charge in [-0.1, -0.05) is 0 Å². The van der Waals surface area contributed by atoms with E-state index in [1.54, 1.807) is 14.0 Å². The second kappa shape index (κ2) is 5.58. The van der Waals surface area contributed by atoms with Gasteiger partial charge in [0, 0.05) is 13.5 Å². The highest BCUT2D eigenvalue weighted by Gasteiger charge is 2.25. The lowest BCUT2D eigenvalue weighted by Crippen LogP contribution is -2.29. The molecule has 0 aromatic rings. The largest absolute Gasteiger partial charge is 0.420 e. The number of hydrogen-bond donors (Lipinski definition) is 2. The van der Waals surface area contributed by atoms with Gasteiger partial charge >= 0.3 is 0 Å². The van der Waals surface area contributed by atoms with Crippen LogP contribution in [0, 0.1) is 0 Å². The summed E-state index contributed by atoms with van der Waals surface area (Å²) in [7, 11) is 0.240. The zero-order chi connectivity index (χ0) is 11.4. The van der Waals surface area contributed by atoms with E-state index in [-0.39, 0.29) is 5.78 Å². The van der Waals surface area contributed by atoms with E-state index in [0.717, 1.165) is 12.5 Å². The number of rotatable bonds is 6. The average molecular weight is 252 g/mol. The van der Waals surface area contributed by atoms with Crippen LogP contribution in [-0.4, -0.2) is 25.3 Å². The highest BCUT2D eigenvalue weighted by atomic mass is 32.2. The van der Waals surface area contributed by atoms with Crippen LogP contribution in [0.1, 0.15) is 19.8 Å². The van der Waals surface area contributed by atoms with Crippen LogP contribution >= 0.6 is 25.3 Å². The van der Waals surface area contributed by atoms with Gasteiger partial charge in [0.05, 0.1) is 0 Å². The van der Waals surface area contributed by atoms with Gasteiger partial charge in [-0.2, -0.15) is 25.3 Å². The van der Waals surface area contributed by atoms with Crippen molar-refractivity contribution >= 4 is 39.4 Å². The molecule has 0 radical (unpaired) electrons. The van der Waals surface area contributed by atoms with Gasteiger partial charge in [0.1, 0.15) is 4.08 Å². The minimum absolute atomic E-state index is 0.0880. The van der Waals surface area contributed by atoms with Gasteiger partial charge in [0.2, 0.25) is 0 Å². The van der Waals surface area contributed by atoms with E-state index >= 15 is 0 Å². The molecule has 0 heterocycles. The number of thiol groups is 2. The van der Waals surface area contributed by atoms with Crippen molar-refractivity contribution in [3.63, 3.8) is 0 Å². The smallest absolute Gasteiger partial charge is 0.186 e. The van der Waals surface area contributed by atoms with Crippen LogP contribution in [0.25, 0.3) is 0 Å². The number of ketones is 1. The number of carbonyl (C=O) groups excluding carboxylic acids is 1. The molecule has 0 saturated heterocycles. The Bertz CT molecular complexity index is 199. The fraction of sp³-hybridized carbons (Fsp3) is 0.889. The summed E-state index contributed by atoms with van der Waals surface area (Å²) in [6, 6.07) is 1.01. The third-order valence-electron chi connectivity index (χ3n) is 2.26. The molecule has 0 saturated carbocycles. The summed E-state index contributed by atoms with van der Waals surface area (Å²) in [5, 5.41) is 0. The van der Waals surface area contributed by atoms with E-state index < -0.39 is 12.4 Å². The first-order chi connectivity index (χ1) is 6.19. The average Bonchev–Trinajstić information content (AvgIpc) is 2.02. The molecule has 0 spiro atoms. The van der Waals surface area contributed by atoms with Crippen molar-refractivity contribution < 1.29 is 9.22 Å². The van der Waals surface area contributed by atoms with Gasteiger partial charge in [-0.05, 0) is 32.5 Å². The van der Waals surface area contributed by atoms with Crippen molar-refractivity contribution in [2.45, 2.75) is 43.0 Å². The fourth-order valence-electron chi connectivity index (χ4n) is 1.01. The monoisotopic (exact) mass is 252 g/mol. The van der Waals surface area contributed by atoms with Crippen LogP contribution in [0.5, 0.6) is 0 Å². The minimum atomic E-state index is -1.51. The molecular weight excluding hydrogens is 232 g/mol. The lowest BCUT2D eigenvalue weighted by molar-refractivity contribution is -0.118. The number of hydrogen-bond acceptors (Lipinski definition) is 4. The van der Waals surface area contributed by atoms with Crippen LogP contribution in [0.3, 0.4) is 0 Å². The molecule has 0 bridgehead atoms. The Labute approximate surface area is 98.7 Å². The SMILES string of the molecule is CO[Si](C)(C)CCCC(=O)C(C)(S)S. The Morgan fingerprint density at radius 1 is 1.43 bits per heavy atom. The molecule has 0 aromatic carbocycles. The molecule has 0 aliphatic carbocycles. The van der Waals surface area contributed by atoms with E-state index in [9.17, 15) is 4.79 Å². The Balaban J connectivity index is 3.82. The second-order valence-corrected chi connectivity index (χ2v) is 10.8. The molecule has 0 atom stereocenters. The third kappa shape index (κ3) is 6.11. The summed E-state index contributed by atoms with van der Waals surface area (Å²) >= 11 is 8.23. The fourth-order valence-corrected chi connectivity index (χ4v) is 2.47. The first kappa shape index (κ1) is 14.5. The molecule has 0 unspecified atom stereocenters. The molecular formula is C9H20O2S2Si. The van der Waals surface area contributed by atoms with E-state index in [1.165, 1.54) is 0 Å². The van der Waals surface area contributed by atoms with Crippen molar-refractivity contribution in [3.05, 3.63) is 0 Å². The molecule has 0 aliphatic heterocycles. The predicted molar refractivity (Wildman–Crippen MR) is 69.9 cm³/mol. The molecule has 2 nitrogen and oxygen atoms in total. The Hall–Kier alpha value is 0.547. The first-order valence-corrected chi connectivity index (χ1v) is 8.73. The molecule has 0 fully saturated rings. The van der Waals surface area contributed by atoms with E-state index in [2.05, 4.69) is 38.4 Å². The normalized spacial score (nSPS) is 13.0. The Kier molecular flexibility index (Phi) is 5.80. The third-order valence-corrected chi connectivity index (χ3v) is 5.43. The summed E-state index contributed by atoms with van der Waals surface area (Å²) in [5.41, 5.74) is 0. The van der Waals surface area contributed by atoms with Gasteiger partial charge in [-0.25, -0.2) is 0 Å². The summed E-state index contributed by atoms with van der Waals surface area (Å²) in [6.45, 7) is 6.01. The van der Waals surface area contributed by atoms with E-state index in [4.69, 9.17) is 4.43 Å². The van der Waals surface area contributed by atoms with Crippen molar-refractivity contribution in [1.29, 1.82) is 0 Å². The summed E-state index contributed by atoms with van der Waals surface area (Å²) in [5.74, 6) is 0.0880. The Morgan fingerprint density at radius 3 is 2.29 bits per heavy atom. The molecule has 0 aliphatic rings. The molecule has 84 valence electrons. The topological polar surface area (TPSA) is 26.3 Å². The van der Waals surface area contributed by atoms with Crippen LogP contribution in [0.15, 0.2) is 0 Å². The standard InChI is InChI=1S/C9H20O2S2Si/c1-9(12,13)8(10)6-5-7-14(3,4)11-2/h12-13H,5-7H2,1-4H3. The van der Waals surface area contributed by atoms with Gasteiger partial charge in [0.25, 0.3) is 0 Å². The van der Waals surface area contributed by atoms with Crippen molar-refractivity contribution in [2.75, 3.05) is 7.11 Å². The summed E-state index contributed by atoms with van der Waals surface area (Å²) in [6.07, 6.45) is 1.42. The van der Waals surface area contributed by atoms with Gasteiger partial charge in [0.15, 0.2) is 14.1 Å². The molecule has 5 heteroatoms. The van der Waals surface area contributed by atoms with Crippen molar-refractivity contribution in [1.82, 2.24) is 0 Å². The maximum absolute atomic E-state index is 11.5. The zero-order valence-electron chi connectivity index (χ0n) is 9.33. The van der Waals surface area contributed by atoms with E-state index in [0.29, 0.717) is 6.42 Å². The molecule has 14 heavy (non-hydrogen) atoms. The lowest BCUT2D eigenvalue weighted by atomic mass is 10.2. The molecule has 0 rings (SSSR count). The quantitative estimate of drug-likeness (QED) is 0.432. The minimum Gasteiger partial charge on any atom is -0.420 e. The number of Topliss-reactive ketones (excluding diaryl/α,β-unsaturated/α-hetero) is 1. The number of carbonyl (C=O) groups is 1.